The van der Waals surface area contributed by atoms with Crippen LogP contribution >= 0.6 is 0 Å². The Labute approximate surface area is 202 Å². The van der Waals surface area contributed by atoms with Crippen molar-refractivity contribution in [2.24, 2.45) is 0 Å². The van der Waals surface area contributed by atoms with Gasteiger partial charge in [-0.25, -0.2) is 9.97 Å². The first-order chi connectivity index (χ1) is 17.0. The van der Waals surface area contributed by atoms with E-state index in [9.17, 15) is 9.90 Å². The zero-order valence-corrected chi connectivity index (χ0v) is 19.6. The van der Waals surface area contributed by atoms with Gasteiger partial charge in [0.25, 0.3) is 5.91 Å². The molecule has 8 heteroatoms. The van der Waals surface area contributed by atoms with Crippen LogP contribution in [-0.4, -0.2) is 35.3 Å². The minimum Gasteiger partial charge on any atom is -0.373 e. The van der Waals surface area contributed by atoms with E-state index >= 15 is 0 Å². The summed E-state index contributed by atoms with van der Waals surface area (Å²) in [5.74, 6) is 0.435. The molecule has 0 saturated heterocycles. The molecule has 2 heterocycles. The number of hydrogen-bond donors (Lipinski definition) is 2. The number of benzene rings is 3. The molecule has 0 aliphatic carbocycles. The van der Waals surface area contributed by atoms with Crippen LogP contribution in [0.4, 0.5) is 5.95 Å². The Bertz CT molecular complexity index is 1430. The topological polar surface area (TPSA) is 97.9 Å². The molecule has 2 aromatic heterocycles. The fourth-order valence-electron chi connectivity index (χ4n) is 4.32. The molecule has 5 rings (SSSR count). The van der Waals surface area contributed by atoms with Crippen molar-refractivity contribution in [3.8, 4) is 0 Å². The first-order valence-electron chi connectivity index (χ1n) is 11.6. The molecule has 0 saturated carbocycles. The minimum absolute atomic E-state index is 0.254. The van der Waals surface area contributed by atoms with Gasteiger partial charge in [0.2, 0.25) is 5.95 Å². The molecule has 0 atom stereocenters. The van der Waals surface area contributed by atoms with Gasteiger partial charge in [-0.3, -0.25) is 14.8 Å². The van der Waals surface area contributed by atoms with Gasteiger partial charge in [0.1, 0.15) is 6.33 Å². The summed E-state index contributed by atoms with van der Waals surface area (Å²) in [7, 11) is 0. The molecular formula is C27H26N6O2. The number of nitrogens with one attached hydrogen (secondary N) is 1. The maximum absolute atomic E-state index is 12.9. The highest BCUT2D eigenvalue weighted by molar-refractivity contribution is 6.05. The number of anilines is 1. The average molecular weight is 467 g/mol. The largest absolute Gasteiger partial charge is 0.373 e. The highest BCUT2D eigenvalue weighted by Gasteiger charge is 2.38. The second-order valence-corrected chi connectivity index (χ2v) is 8.20. The quantitative estimate of drug-likeness (QED) is 0.375. The molecule has 0 bridgehead atoms. The smallest absolute Gasteiger partial charge is 0.258 e. The molecule has 8 nitrogen and oxygen atoms in total. The number of hydrogen-bond acceptors (Lipinski definition) is 5. The predicted molar refractivity (Wildman–Crippen MR) is 134 cm³/mol. The molecule has 0 spiro atoms. The van der Waals surface area contributed by atoms with E-state index in [1.54, 1.807) is 29.2 Å². The van der Waals surface area contributed by atoms with Crippen molar-refractivity contribution in [3.63, 3.8) is 0 Å². The van der Waals surface area contributed by atoms with Crippen molar-refractivity contribution in [2.75, 3.05) is 5.32 Å². The molecule has 5 aromatic rings. The third-order valence-corrected chi connectivity index (χ3v) is 6.12. The van der Waals surface area contributed by atoms with E-state index in [0.717, 1.165) is 5.52 Å². The van der Waals surface area contributed by atoms with Gasteiger partial charge in [-0.1, -0.05) is 60.7 Å². The summed E-state index contributed by atoms with van der Waals surface area (Å²) in [6, 6.07) is 24.3. The average Bonchev–Trinajstić information content (AvgIpc) is 3.53. The van der Waals surface area contributed by atoms with Crippen molar-refractivity contribution in [2.45, 2.75) is 32.5 Å². The monoisotopic (exact) mass is 466 g/mol. The lowest BCUT2D eigenvalue weighted by atomic mass is 9.85. The highest BCUT2D eigenvalue weighted by Crippen LogP contribution is 2.37. The molecule has 176 valence electrons. The lowest BCUT2D eigenvalue weighted by Gasteiger charge is -2.29. The fraction of sp³-hybridized carbons (Fsp3) is 0.185. The van der Waals surface area contributed by atoms with Gasteiger partial charge in [-0.05, 0) is 43.2 Å². The number of aliphatic hydroxyl groups is 1. The van der Waals surface area contributed by atoms with E-state index in [2.05, 4.69) is 15.4 Å². The summed E-state index contributed by atoms with van der Waals surface area (Å²) in [4.78, 5) is 21.9. The van der Waals surface area contributed by atoms with Gasteiger partial charge in [0.05, 0.1) is 11.0 Å². The summed E-state index contributed by atoms with van der Waals surface area (Å²) < 4.78 is 3.60. The van der Waals surface area contributed by atoms with Crippen LogP contribution in [0.1, 0.15) is 41.2 Å². The van der Waals surface area contributed by atoms with Crippen molar-refractivity contribution < 1.29 is 9.90 Å². The minimum atomic E-state index is -1.48. The van der Waals surface area contributed by atoms with Gasteiger partial charge in [-0.2, -0.15) is 0 Å². The van der Waals surface area contributed by atoms with Crippen molar-refractivity contribution in [1.82, 2.24) is 24.3 Å². The van der Waals surface area contributed by atoms with Gasteiger partial charge < -0.3 is 9.67 Å². The summed E-state index contributed by atoms with van der Waals surface area (Å²) in [6.07, 6.45) is 1.57. The second kappa shape index (κ2) is 9.15. The third-order valence-electron chi connectivity index (χ3n) is 6.12. The van der Waals surface area contributed by atoms with Crippen molar-refractivity contribution in [3.05, 3.63) is 108 Å². The maximum Gasteiger partial charge on any atom is 0.258 e. The van der Waals surface area contributed by atoms with Crippen LogP contribution in [0.2, 0.25) is 0 Å². The number of aryl methyl sites for hydroxylation is 2. The number of aromatic nitrogens is 5. The molecule has 3 aromatic carbocycles. The first-order valence-corrected chi connectivity index (χ1v) is 11.6. The van der Waals surface area contributed by atoms with Crippen molar-refractivity contribution >= 4 is 22.9 Å². The molecule has 0 radical (unpaired) electrons. The SMILES string of the molecule is CCn1cnc(NC(=O)c2ccc3nc(C(O)(c4ccccc4)c4ccccc4)n(CC)c3c2)n1. The Hall–Kier alpha value is -4.30. The molecular weight excluding hydrogens is 440 g/mol. The van der Waals surface area contributed by atoms with E-state index in [0.29, 0.717) is 41.1 Å². The number of amides is 1. The Morgan fingerprint density at radius 2 is 1.60 bits per heavy atom. The molecule has 2 N–H and O–H groups in total. The Morgan fingerprint density at radius 3 is 2.17 bits per heavy atom. The van der Waals surface area contributed by atoms with Gasteiger partial charge in [0, 0.05) is 18.7 Å². The Kier molecular flexibility index (Phi) is 5.88. The second-order valence-electron chi connectivity index (χ2n) is 8.20. The molecule has 1 amide bonds. The van der Waals surface area contributed by atoms with Crippen LogP contribution in [0.25, 0.3) is 11.0 Å². The summed E-state index contributed by atoms with van der Waals surface area (Å²) >= 11 is 0. The van der Waals surface area contributed by atoms with Gasteiger partial charge in [-0.15, -0.1) is 5.10 Å². The van der Waals surface area contributed by atoms with Gasteiger partial charge >= 0.3 is 0 Å². The zero-order valence-electron chi connectivity index (χ0n) is 19.6. The lowest BCUT2D eigenvalue weighted by Crippen LogP contribution is -2.32. The number of carbonyl (C=O) groups is 1. The van der Waals surface area contributed by atoms with Crippen LogP contribution in [0.5, 0.6) is 0 Å². The normalized spacial score (nSPS) is 11.6. The molecule has 0 unspecified atom stereocenters. The molecule has 35 heavy (non-hydrogen) atoms. The van der Waals surface area contributed by atoms with Crippen LogP contribution in [0, 0.1) is 0 Å². The van der Waals surface area contributed by atoms with E-state index in [1.807, 2.05) is 79.1 Å². The Morgan fingerprint density at radius 1 is 0.943 bits per heavy atom. The highest BCUT2D eigenvalue weighted by atomic mass is 16.3. The Balaban J connectivity index is 1.62. The molecule has 0 aliphatic heterocycles. The van der Waals surface area contributed by atoms with Crippen LogP contribution in [0.15, 0.2) is 85.2 Å². The van der Waals surface area contributed by atoms with Crippen LogP contribution in [0.3, 0.4) is 0 Å². The number of fused-ring (bicyclic) bond motifs is 1. The van der Waals surface area contributed by atoms with Gasteiger partial charge in [0.15, 0.2) is 11.4 Å². The van der Waals surface area contributed by atoms with E-state index in [4.69, 9.17) is 4.98 Å². The van der Waals surface area contributed by atoms with E-state index in [-0.39, 0.29) is 11.9 Å². The van der Waals surface area contributed by atoms with Crippen LogP contribution < -0.4 is 5.32 Å². The zero-order chi connectivity index (χ0) is 24.4. The number of nitrogens with zero attached hydrogens (tertiary/aromatic N) is 5. The molecule has 0 aliphatic rings. The number of rotatable bonds is 7. The van der Waals surface area contributed by atoms with Crippen LogP contribution in [-0.2, 0) is 18.7 Å². The lowest BCUT2D eigenvalue weighted by molar-refractivity contribution is 0.102. The number of imidazole rings is 1. The number of carbonyl (C=O) groups excluding carboxylic acids is 1. The van der Waals surface area contributed by atoms with E-state index in [1.165, 1.54) is 0 Å². The maximum atomic E-state index is 12.9. The standard InChI is InChI=1S/C27H26N6O2/c1-3-32-18-28-26(31-32)30-24(34)19-15-16-22-23(17-19)33(4-2)25(29-22)27(35,20-11-7-5-8-12-20)21-13-9-6-10-14-21/h5-18,35H,3-4H2,1-2H3,(H,30,31,34). The van der Waals surface area contributed by atoms with E-state index < -0.39 is 5.60 Å². The summed E-state index contributed by atoms with van der Waals surface area (Å²) in [6.45, 7) is 5.17. The summed E-state index contributed by atoms with van der Waals surface area (Å²) in [5.41, 5.74) is 1.86. The first kappa shape index (κ1) is 22.5. The fourth-order valence-corrected chi connectivity index (χ4v) is 4.32. The predicted octanol–water partition coefficient (Wildman–Crippen LogP) is 4.20. The summed E-state index contributed by atoms with van der Waals surface area (Å²) in [5, 5.41) is 19.2. The third kappa shape index (κ3) is 3.98. The molecule has 0 fully saturated rings. The van der Waals surface area contributed by atoms with Crippen molar-refractivity contribution in [1.29, 1.82) is 0 Å².